The summed E-state index contributed by atoms with van der Waals surface area (Å²) in [6, 6.07) is 3.11. The molecule has 1 amide bonds. The lowest BCUT2D eigenvalue weighted by atomic mass is 10.1. The molecule has 4 N–H and O–H groups in total. The van der Waals surface area contributed by atoms with Gasteiger partial charge < -0.3 is 11.5 Å². The molecule has 0 aliphatic heterocycles. The van der Waals surface area contributed by atoms with Gasteiger partial charge in [0.25, 0.3) is 0 Å². The number of hydrogen-bond donors (Lipinski definition) is 2. The molecule has 0 spiro atoms. The number of aromatic nitrogens is 1. The Morgan fingerprint density at radius 1 is 1.44 bits per heavy atom. The molecule has 0 radical (unpaired) electrons. The number of carbonyl (C=O) groups excluding carboxylic acids is 1. The standard InChI is InChI=1S/C10H8ClN3OS/c11-8-6(12)2-1-5(9(13)15)7(8)10-14-3-4-16-10/h1-4H,12H2,(H2,13,15). The van der Waals surface area contributed by atoms with Crippen LogP contribution in [0.5, 0.6) is 0 Å². The number of thiazole rings is 1. The third kappa shape index (κ3) is 1.75. The van der Waals surface area contributed by atoms with Gasteiger partial charge in [0.05, 0.1) is 16.3 Å². The average Bonchev–Trinajstić information content (AvgIpc) is 2.74. The minimum Gasteiger partial charge on any atom is -0.398 e. The highest BCUT2D eigenvalue weighted by Gasteiger charge is 2.17. The van der Waals surface area contributed by atoms with Crippen LogP contribution in [0.4, 0.5) is 5.69 Å². The molecule has 4 nitrogen and oxygen atoms in total. The normalized spacial score (nSPS) is 10.3. The molecule has 2 rings (SSSR count). The van der Waals surface area contributed by atoms with E-state index in [1.54, 1.807) is 23.7 Å². The number of halogens is 1. The van der Waals surface area contributed by atoms with Gasteiger partial charge in [-0.2, -0.15) is 0 Å². The van der Waals surface area contributed by atoms with E-state index in [0.29, 0.717) is 26.8 Å². The molecule has 6 heteroatoms. The van der Waals surface area contributed by atoms with Gasteiger partial charge in [-0.25, -0.2) is 4.98 Å². The van der Waals surface area contributed by atoms with Crippen LogP contribution in [-0.4, -0.2) is 10.9 Å². The van der Waals surface area contributed by atoms with E-state index in [9.17, 15) is 4.79 Å². The van der Waals surface area contributed by atoms with Crippen molar-refractivity contribution in [3.05, 3.63) is 34.3 Å². The number of hydrogen-bond acceptors (Lipinski definition) is 4. The molecule has 1 aromatic heterocycles. The van der Waals surface area contributed by atoms with Gasteiger partial charge in [-0.15, -0.1) is 11.3 Å². The van der Waals surface area contributed by atoms with E-state index < -0.39 is 5.91 Å². The first-order valence-corrected chi connectivity index (χ1v) is 5.64. The van der Waals surface area contributed by atoms with Crippen LogP contribution < -0.4 is 11.5 Å². The summed E-state index contributed by atoms with van der Waals surface area (Å²) in [7, 11) is 0. The first kappa shape index (κ1) is 10.9. The highest BCUT2D eigenvalue weighted by atomic mass is 35.5. The van der Waals surface area contributed by atoms with Crippen molar-refractivity contribution in [3.63, 3.8) is 0 Å². The number of nitrogens with two attached hydrogens (primary N) is 2. The molecule has 0 saturated heterocycles. The summed E-state index contributed by atoms with van der Waals surface area (Å²) in [5.41, 5.74) is 12.2. The Kier molecular flexibility index (Phi) is 2.80. The maximum absolute atomic E-state index is 11.3. The fraction of sp³-hybridized carbons (Fsp3) is 0. The summed E-state index contributed by atoms with van der Waals surface area (Å²) in [6.45, 7) is 0. The largest absolute Gasteiger partial charge is 0.398 e. The smallest absolute Gasteiger partial charge is 0.249 e. The number of carbonyl (C=O) groups is 1. The number of amides is 1. The molecule has 82 valence electrons. The summed E-state index contributed by atoms with van der Waals surface area (Å²) < 4.78 is 0. The summed E-state index contributed by atoms with van der Waals surface area (Å²) >= 11 is 7.44. The predicted molar refractivity (Wildman–Crippen MR) is 65.5 cm³/mol. The van der Waals surface area contributed by atoms with Crippen LogP contribution in [0.3, 0.4) is 0 Å². The molecule has 0 unspecified atom stereocenters. The van der Waals surface area contributed by atoms with E-state index in [4.69, 9.17) is 23.1 Å². The van der Waals surface area contributed by atoms with Crippen molar-refractivity contribution in [1.82, 2.24) is 4.98 Å². The summed E-state index contributed by atoms with van der Waals surface area (Å²) in [5.74, 6) is -0.549. The van der Waals surface area contributed by atoms with Gasteiger partial charge in [-0.3, -0.25) is 4.79 Å². The number of primary amides is 1. The van der Waals surface area contributed by atoms with Gasteiger partial charge in [0, 0.05) is 17.1 Å². The third-order valence-electron chi connectivity index (χ3n) is 2.08. The molecular formula is C10H8ClN3OS. The van der Waals surface area contributed by atoms with Gasteiger partial charge >= 0.3 is 0 Å². The Hall–Kier alpha value is -1.59. The van der Waals surface area contributed by atoms with Crippen LogP contribution in [0, 0.1) is 0 Å². The van der Waals surface area contributed by atoms with Crippen LogP contribution in [0.1, 0.15) is 10.4 Å². The average molecular weight is 254 g/mol. The molecule has 2 aromatic rings. The van der Waals surface area contributed by atoms with Crippen molar-refractivity contribution >= 4 is 34.5 Å². The Labute approximate surface area is 101 Å². The van der Waals surface area contributed by atoms with Gasteiger partial charge in [-0.1, -0.05) is 11.6 Å². The Morgan fingerprint density at radius 3 is 2.75 bits per heavy atom. The lowest BCUT2D eigenvalue weighted by Crippen LogP contribution is -2.13. The second-order valence-electron chi connectivity index (χ2n) is 3.09. The second kappa shape index (κ2) is 4.11. The maximum atomic E-state index is 11.3. The number of rotatable bonds is 2. The van der Waals surface area contributed by atoms with Crippen LogP contribution >= 0.6 is 22.9 Å². The fourth-order valence-corrected chi connectivity index (χ4v) is 2.37. The minimum absolute atomic E-state index is 0.311. The zero-order valence-corrected chi connectivity index (χ0v) is 9.68. The van der Waals surface area contributed by atoms with Crippen molar-refractivity contribution in [2.24, 2.45) is 5.73 Å². The van der Waals surface area contributed by atoms with Gasteiger partial charge in [0.15, 0.2) is 0 Å². The topological polar surface area (TPSA) is 82.0 Å². The van der Waals surface area contributed by atoms with Gasteiger partial charge in [0.2, 0.25) is 5.91 Å². The maximum Gasteiger partial charge on any atom is 0.249 e. The Morgan fingerprint density at radius 2 is 2.19 bits per heavy atom. The molecule has 0 fully saturated rings. The third-order valence-corrected chi connectivity index (χ3v) is 3.28. The SMILES string of the molecule is NC(=O)c1ccc(N)c(Cl)c1-c1nccs1. The van der Waals surface area contributed by atoms with Crippen LogP contribution in [0.15, 0.2) is 23.7 Å². The molecular weight excluding hydrogens is 246 g/mol. The molecule has 1 aromatic carbocycles. The lowest BCUT2D eigenvalue weighted by molar-refractivity contribution is 0.100. The number of nitrogens with zero attached hydrogens (tertiary/aromatic N) is 1. The number of anilines is 1. The molecule has 0 bridgehead atoms. The van der Waals surface area contributed by atoms with Crippen molar-refractivity contribution in [2.45, 2.75) is 0 Å². The second-order valence-corrected chi connectivity index (χ2v) is 4.37. The van der Waals surface area contributed by atoms with Crippen molar-refractivity contribution in [1.29, 1.82) is 0 Å². The molecule has 1 heterocycles. The van der Waals surface area contributed by atoms with E-state index in [1.165, 1.54) is 11.3 Å². The molecule has 0 aliphatic rings. The molecule has 16 heavy (non-hydrogen) atoms. The quantitative estimate of drug-likeness (QED) is 0.805. The van der Waals surface area contributed by atoms with Crippen molar-refractivity contribution < 1.29 is 4.79 Å². The zero-order valence-electron chi connectivity index (χ0n) is 8.11. The highest BCUT2D eigenvalue weighted by molar-refractivity contribution is 7.13. The van der Waals surface area contributed by atoms with Gasteiger partial charge in [-0.05, 0) is 12.1 Å². The predicted octanol–water partition coefficient (Wildman–Crippen LogP) is 2.14. The summed E-state index contributed by atoms with van der Waals surface area (Å²) in [5, 5.41) is 2.73. The van der Waals surface area contributed by atoms with Crippen LogP contribution in [0.2, 0.25) is 5.02 Å². The Bertz CT molecular complexity index is 539. The van der Waals surface area contributed by atoms with E-state index in [0.717, 1.165) is 0 Å². The Balaban J connectivity index is 2.74. The molecule has 0 atom stereocenters. The summed E-state index contributed by atoms with van der Waals surface area (Å²) in [6.07, 6.45) is 1.63. The molecule has 0 saturated carbocycles. The minimum atomic E-state index is -0.549. The monoisotopic (exact) mass is 253 g/mol. The highest BCUT2D eigenvalue weighted by Crippen LogP contribution is 2.36. The van der Waals surface area contributed by atoms with Crippen LogP contribution in [-0.2, 0) is 0 Å². The molecule has 0 aliphatic carbocycles. The first-order valence-electron chi connectivity index (χ1n) is 4.39. The zero-order chi connectivity index (χ0) is 11.7. The van der Waals surface area contributed by atoms with E-state index in [-0.39, 0.29) is 0 Å². The fourth-order valence-electron chi connectivity index (χ4n) is 1.35. The first-order chi connectivity index (χ1) is 7.61. The van der Waals surface area contributed by atoms with Crippen molar-refractivity contribution in [3.8, 4) is 10.6 Å². The van der Waals surface area contributed by atoms with Crippen molar-refractivity contribution in [2.75, 3.05) is 5.73 Å². The number of nitrogen functional groups attached to an aromatic ring is 1. The van der Waals surface area contributed by atoms with E-state index in [1.807, 2.05) is 0 Å². The number of benzene rings is 1. The van der Waals surface area contributed by atoms with E-state index in [2.05, 4.69) is 4.98 Å². The van der Waals surface area contributed by atoms with Gasteiger partial charge in [0.1, 0.15) is 5.01 Å². The van der Waals surface area contributed by atoms with E-state index >= 15 is 0 Å². The lowest BCUT2D eigenvalue weighted by Gasteiger charge is -2.08. The van der Waals surface area contributed by atoms with Crippen LogP contribution in [0.25, 0.3) is 10.6 Å². The summed E-state index contributed by atoms with van der Waals surface area (Å²) in [4.78, 5) is 15.4.